The van der Waals surface area contributed by atoms with Crippen molar-refractivity contribution < 1.29 is 21.9 Å². The zero-order valence-electron chi connectivity index (χ0n) is 18.8. The van der Waals surface area contributed by atoms with Crippen LogP contribution in [0.15, 0.2) is 42.7 Å². The first-order valence-electron chi connectivity index (χ1n) is 10.9. The molecule has 0 amide bonds. The Hall–Kier alpha value is -3.20. The summed E-state index contributed by atoms with van der Waals surface area (Å²) in [5.74, 6) is 0.606. The maximum Gasteiger partial charge on any atom is 0.417 e. The number of thiocarbonyl (C=S) groups is 1. The Labute approximate surface area is 221 Å². The molecule has 1 atom stereocenters. The van der Waals surface area contributed by atoms with Crippen LogP contribution in [0.2, 0.25) is 5.02 Å². The molecule has 1 aliphatic heterocycles. The van der Waals surface area contributed by atoms with Crippen LogP contribution in [0.25, 0.3) is 21.9 Å². The van der Waals surface area contributed by atoms with Crippen molar-refractivity contribution in [2.75, 3.05) is 41.1 Å². The second kappa shape index (κ2) is 9.93. The van der Waals surface area contributed by atoms with Gasteiger partial charge in [-0.1, -0.05) is 11.6 Å². The van der Waals surface area contributed by atoms with Crippen LogP contribution < -0.4 is 14.9 Å². The van der Waals surface area contributed by atoms with Crippen LogP contribution in [-0.2, 0) is 17.4 Å². The highest BCUT2D eigenvalue weighted by Crippen LogP contribution is 2.40. The van der Waals surface area contributed by atoms with E-state index in [0.29, 0.717) is 59.2 Å². The number of rotatable bonds is 4. The van der Waals surface area contributed by atoms with Crippen LogP contribution in [0.1, 0.15) is 5.56 Å². The molecule has 2 aromatic heterocycles. The monoisotopic (exact) mass is 569 g/mol. The van der Waals surface area contributed by atoms with Crippen LogP contribution in [-0.4, -0.2) is 59.9 Å². The van der Waals surface area contributed by atoms with Crippen molar-refractivity contribution in [1.82, 2.24) is 19.9 Å². The van der Waals surface area contributed by atoms with E-state index in [4.69, 9.17) is 28.4 Å². The number of anilines is 3. The molecular formula is C22H19ClF3N7O2S2. The number of hydrogen-bond acceptors (Lipinski definition) is 5. The van der Waals surface area contributed by atoms with Gasteiger partial charge in [0, 0.05) is 48.5 Å². The van der Waals surface area contributed by atoms with Gasteiger partial charge in [-0.2, -0.15) is 13.2 Å². The minimum atomic E-state index is -4.57. The average molecular weight is 570 g/mol. The molecule has 1 unspecified atom stereocenters. The van der Waals surface area contributed by atoms with E-state index < -0.39 is 23.0 Å². The lowest BCUT2D eigenvalue weighted by atomic mass is 10.1. The highest BCUT2D eigenvalue weighted by molar-refractivity contribution is 7.80. The predicted octanol–water partition coefficient (Wildman–Crippen LogP) is 4.85. The van der Waals surface area contributed by atoms with Crippen molar-refractivity contribution in [1.29, 1.82) is 0 Å². The standard InChI is InChI=1S/C22H19ClF3N7O2S2/c23-16-9-14-17(10-15(16)22(24,25)26)30-19-18(14)20(28-11-27-19)32-5-7-33(8-6-32)21(36)29-12-1-3-13(4-2-12)31-37(34)35/h1-4,9-11,31H,5-8H2,(H,29,36)(H,34,35)(H,27,28,30). The van der Waals surface area contributed by atoms with Gasteiger partial charge in [-0.05, 0) is 48.6 Å². The van der Waals surface area contributed by atoms with Crippen LogP contribution >= 0.6 is 23.8 Å². The number of nitrogens with one attached hydrogen (secondary N) is 3. The molecule has 194 valence electrons. The highest BCUT2D eigenvalue weighted by atomic mass is 35.5. The van der Waals surface area contributed by atoms with E-state index in [1.165, 1.54) is 12.4 Å². The predicted molar refractivity (Wildman–Crippen MR) is 142 cm³/mol. The molecule has 0 radical (unpaired) electrons. The van der Waals surface area contributed by atoms with Gasteiger partial charge in [0.25, 0.3) is 11.3 Å². The van der Waals surface area contributed by atoms with Gasteiger partial charge in [0.15, 0.2) is 5.11 Å². The largest absolute Gasteiger partial charge is 0.417 e. The summed E-state index contributed by atoms with van der Waals surface area (Å²) < 4.78 is 62.1. The van der Waals surface area contributed by atoms with Crippen molar-refractivity contribution in [2.24, 2.45) is 0 Å². The first kappa shape index (κ1) is 25.4. The summed E-state index contributed by atoms with van der Waals surface area (Å²) in [4.78, 5) is 15.6. The third kappa shape index (κ3) is 5.28. The molecule has 1 saturated heterocycles. The number of hydrogen-bond donors (Lipinski definition) is 4. The molecule has 37 heavy (non-hydrogen) atoms. The van der Waals surface area contributed by atoms with Gasteiger partial charge in [0.2, 0.25) is 0 Å². The second-order valence-electron chi connectivity index (χ2n) is 8.25. The number of piperazine rings is 1. The number of halogens is 4. The maximum absolute atomic E-state index is 13.3. The number of benzene rings is 2. The number of aromatic amines is 1. The molecule has 2 aromatic carbocycles. The Bertz CT molecular complexity index is 1510. The van der Waals surface area contributed by atoms with Gasteiger partial charge < -0.3 is 20.1 Å². The number of aromatic nitrogens is 3. The third-order valence-electron chi connectivity index (χ3n) is 5.97. The summed E-state index contributed by atoms with van der Waals surface area (Å²) in [5, 5.41) is 4.43. The van der Waals surface area contributed by atoms with E-state index in [-0.39, 0.29) is 10.5 Å². The number of fused-ring (bicyclic) bond motifs is 3. The summed E-state index contributed by atoms with van der Waals surface area (Å²) in [5.41, 5.74) is 1.02. The molecule has 4 aromatic rings. The van der Waals surface area contributed by atoms with Crippen molar-refractivity contribution >= 4 is 79.3 Å². The van der Waals surface area contributed by atoms with E-state index >= 15 is 0 Å². The Morgan fingerprint density at radius 1 is 1.11 bits per heavy atom. The van der Waals surface area contributed by atoms with Crippen molar-refractivity contribution in [3.05, 3.63) is 53.3 Å². The van der Waals surface area contributed by atoms with Crippen molar-refractivity contribution in [3.63, 3.8) is 0 Å². The average Bonchev–Trinajstić information content (AvgIpc) is 3.21. The first-order chi connectivity index (χ1) is 17.6. The van der Waals surface area contributed by atoms with E-state index in [9.17, 15) is 17.4 Å². The molecule has 3 heterocycles. The summed E-state index contributed by atoms with van der Waals surface area (Å²) in [6, 6.07) is 9.09. The van der Waals surface area contributed by atoms with Gasteiger partial charge in [0.05, 0.1) is 16.0 Å². The first-order valence-corrected chi connectivity index (χ1v) is 12.8. The highest BCUT2D eigenvalue weighted by Gasteiger charge is 2.34. The van der Waals surface area contributed by atoms with Crippen LogP contribution in [0.5, 0.6) is 0 Å². The fourth-order valence-corrected chi connectivity index (χ4v) is 5.14. The van der Waals surface area contributed by atoms with Crippen LogP contribution in [0.3, 0.4) is 0 Å². The molecule has 0 bridgehead atoms. The number of nitrogens with zero attached hydrogens (tertiary/aromatic N) is 4. The summed E-state index contributed by atoms with van der Waals surface area (Å²) in [6.45, 7) is 2.31. The van der Waals surface area contributed by atoms with E-state index in [2.05, 4.69) is 25.0 Å². The third-order valence-corrected chi connectivity index (χ3v) is 7.05. The second-order valence-corrected chi connectivity index (χ2v) is 9.75. The zero-order valence-corrected chi connectivity index (χ0v) is 21.2. The lowest BCUT2D eigenvalue weighted by molar-refractivity contribution is -0.137. The molecule has 4 N–H and O–H groups in total. The molecule has 1 fully saturated rings. The maximum atomic E-state index is 13.3. The Morgan fingerprint density at radius 2 is 1.78 bits per heavy atom. The van der Waals surface area contributed by atoms with Crippen LogP contribution in [0.4, 0.5) is 30.4 Å². The molecule has 15 heteroatoms. The van der Waals surface area contributed by atoms with Gasteiger partial charge in [0.1, 0.15) is 17.8 Å². The SMILES string of the molecule is O=S(O)Nc1ccc(NC(=S)N2CCN(c3ncnc4[nH]c5cc(C(F)(F)F)c(Cl)cc5c34)CC2)cc1. The fraction of sp³-hybridized carbons (Fsp3) is 0.227. The summed E-state index contributed by atoms with van der Waals surface area (Å²) in [7, 11) is 0. The lowest BCUT2D eigenvalue weighted by Crippen LogP contribution is -2.50. The van der Waals surface area contributed by atoms with E-state index in [1.54, 1.807) is 24.3 Å². The van der Waals surface area contributed by atoms with Crippen molar-refractivity contribution in [2.45, 2.75) is 6.18 Å². The van der Waals surface area contributed by atoms with Crippen molar-refractivity contribution in [3.8, 4) is 0 Å². The Balaban J connectivity index is 1.32. The quantitative estimate of drug-likeness (QED) is 0.204. The topological polar surface area (TPSA) is 109 Å². The zero-order chi connectivity index (χ0) is 26.3. The Kier molecular flexibility index (Phi) is 6.83. The summed E-state index contributed by atoms with van der Waals surface area (Å²) >= 11 is 9.39. The fourth-order valence-electron chi connectivity index (χ4n) is 4.23. The molecule has 0 saturated carbocycles. The molecule has 9 nitrogen and oxygen atoms in total. The minimum absolute atomic E-state index is 0.281. The molecule has 5 rings (SSSR count). The lowest BCUT2D eigenvalue weighted by Gasteiger charge is -2.37. The number of H-pyrrole nitrogens is 1. The molecular weight excluding hydrogens is 551 g/mol. The smallest absolute Gasteiger partial charge is 0.352 e. The molecule has 1 aliphatic rings. The molecule has 0 aliphatic carbocycles. The van der Waals surface area contributed by atoms with E-state index in [0.717, 1.165) is 11.8 Å². The molecule has 0 spiro atoms. The number of alkyl halides is 3. The summed E-state index contributed by atoms with van der Waals surface area (Å²) in [6.07, 6.45) is -3.19. The normalized spacial score (nSPS) is 15.3. The minimum Gasteiger partial charge on any atom is -0.352 e. The Morgan fingerprint density at radius 3 is 2.43 bits per heavy atom. The van der Waals surface area contributed by atoms with Gasteiger partial charge in [-0.3, -0.25) is 9.27 Å². The van der Waals surface area contributed by atoms with Gasteiger partial charge in [-0.25, -0.2) is 14.2 Å². The van der Waals surface area contributed by atoms with Gasteiger partial charge >= 0.3 is 6.18 Å². The van der Waals surface area contributed by atoms with Crippen LogP contribution in [0, 0.1) is 0 Å². The van der Waals surface area contributed by atoms with E-state index in [1.807, 2.05) is 9.80 Å². The van der Waals surface area contributed by atoms with Gasteiger partial charge in [-0.15, -0.1) is 0 Å².